The molecular weight excluding hydrogens is 308 g/mol. The fourth-order valence-corrected chi connectivity index (χ4v) is 2.67. The standard InChI is InChI=1S/C15H11ClN2O2S/c16-11-5-3-10(4-6-11)12-9-21-14(18-12)8-17-15(19)13-2-1-7-20-13/h1-7,9H,8H2,(H,17,19). The van der Waals surface area contributed by atoms with Gasteiger partial charge in [-0.25, -0.2) is 4.98 Å². The summed E-state index contributed by atoms with van der Waals surface area (Å²) >= 11 is 7.36. The van der Waals surface area contributed by atoms with Gasteiger partial charge in [0.15, 0.2) is 5.76 Å². The Labute approximate surface area is 130 Å². The zero-order valence-electron chi connectivity index (χ0n) is 10.9. The largest absolute Gasteiger partial charge is 0.459 e. The van der Waals surface area contributed by atoms with E-state index in [0.717, 1.165) is 16.3 Å². The SMILES string of the molecule is O=C(NCc1nc(-c2ccc(Cl)cc2)cs1)c1ccco1. The smallest absolute Gasteiger partial charge is 0.287 e. The second-order valence-corrected chi connectivity index (χ2v) is 5.67. The lowest BCUT2D eigenvalue weighted by Gasteiger charge is -2.00. The quantitative estimate of drug-likeness (QED) is 0.791. The molecule has 0 radical (unpaired) electrons. The lowest BCUT2D eigenvalue weighted by Crippen LogP contribution is -2.22. The van der Waals surface area contributed by atoms with Gasteiger partial charge in [-0.3, -0.25) is 4.79 Å². The molecule has 0 fully saturated rings. The van der Waals surface area contributed by atoms with E-state index in [4.69, 9.17) is 16.0 Å². The van der Waals surface area contributed by atoms with Crippen molar-refractivity contribution >= 4 is 28.8 Å². The molecule has 6 heteroatoms. The summed E-state index contributed by atoms with van der Waals surface area (Å²) in [6.07, 6.45) is 1.47. The van der Waals surface area contributed by atoms with Crippen LogP contribution in [-0.2, 0) is 6.54 Å². The van der Waals surface area contributed by atoms with E-state index in [0.29, 0.717) is 17.3 Å². The molecule has 0 aliphatic heterocycles. The molecule has 0 spiro atoms. The van der Waals surface area contributed by atoms with Crippen molar-refractivity contribution in [3.8, 4) is 11.3 Å². The molecule has 21 heavy (non-hydrogen) atoms. The van der Waals surface area contributed by atoms with Gasteiger partial charge in [0, 0.05) is 16.0 Å². The van der Waals surface area contributed by atoms with E-state index in [-0.39, 0.29) is 5.91 Å². The van der Waals surface area contributed by atoms with Crippen LogP contribution in [0.1, 0.15) is 15.6 Å². The van der Waals surface area contributed by atoms with Crippen molar-refractivity contribution in [1.82, 2.24) is 10.3 Å². The molecule has 106 valence electrons. The van der Waals surface area contributed by atoms with Gasteiger partial charge in [0.05, 0.1) is 18.5 Å². The highest BCUT2D eigenvalue weighted by molar-refractivity contribution is 7.09. The molecule has 3 aromatic rings. The summed E-state index contributed by atoms with van der Waals surface area (Å²) in [6.45, 7) is 0.373. The fourth-order valence-electron chi connectivity index (χ4n) is 1.80. The van der Waals surface area contributed by atoms with Crippen LogP contribution >= 0.6 is 22.9 Å². The molecule has 1 aromatic carbocycles. The summed E-state index contributed by atoms with van der Waals surface area (Å²) < 4.78 is 5.03. The molecule has 0 aliphatic rings. The van der Waals surface area contributed by atoms with Crippen molar-refractivity contribution in [2.24, 2.45) is 0 Å². The summed E-state index contributed by atoms with van der Waals surface area (Å²) in [4.78, 5) is 16.2. The topological polar surface area (TPSA) is 55.1 Å². The van der Waals surface area contributed by atoms with Gasteiger partial charge >= 0.3 is 0 Å². The molecule has 0 saturated carbocycles. The number of carbonyl (C=O) groups excluding carboxylic acids is 1. The maximum atomic E-state index is 11.8. The third-order valence-corrected chi connectivity index (χ3v) is 3.94. The van der Waals surface area contributed by atoms with E-state index in [1.807, 2.05) is 29.6 Å². The van der Waals surface area contributed by atoms with Crippen molar-refractivity contribution in [3.05, 3.63) is 63.8 Å². The predicted molar refractivity (Wildman–Crippen MR) is 82.4 cm³/mol. The number of furan rings is 1. The number of amides is 1. The molecule has 0 bridgehead atoms. The highest BCUT2D eigenvalue weighted by Gasteiger charge is 2.10. The average Bonchev–Trinajstić information content (AvgIpc) is 3.17. The van der Waals surface area contributed by atoms with E-state index in [1.165, 1.54) is 17.6 Å². The van der Waals surface area contributed by atoms with Crippen LogP contribution in [0.2, 0.25) is 5.02 Å². The Bertz CT molecular complexity index is 735. The normalized spacial score (nSPS) is 10.5. The first-order valence-corrected chi connectivity index (χ1v) is 7.50. The van der Waals surface area contributed by atoms with Crippen molar-refractivity contribution in [2.75, 3.05) is 0 Å². The Balaban J connectivity index is 1.65. The molecule has 2 aromatic heterocycles. The number of carbonyl (C=O) groups is 1. The number of aromatic nitrogens is 1. The van der Waals surface area contributed by atoms with Gasteiger partial charge in [0.25, 0.3) is 5.91 Å². The molecule has 1 N–H and O–H groups in total. The second kappa shape index (κ2) is 6.11. The summed E-state index contributed by atoms with van der Waals surface area (Å²) in [6, 6.07) is 10.8. The predicted octanol–water partition coefficient (Wildman–Crippen LogP) is 3.99. The number of thiazole rings is 1. The van der Waals surface area contributed by atoms with Crippen LogP contribution in [0.15, 0.2) is 52.5 Å². The molecule has 0 aliphatic carbocycles. The van der Waals surface area contributed by atoms with Crippen LogP contribution in [0.25, 0.3) is 11.3 Å². The molecule has 3 rings (SSSR count). The minimum Gasteiger partial charge on any atom is -0.459 e. The van der Waals surface area contributed by atoms with Crippen molar-refractivity contribution < 1.29 is 9.21 Å². The van der Waals surface area contributed by atoms with Crippen LogP contribution < -0.4 is 5.32 Å². The van der Waals surface area contributed by atoms with E-state index in [2.05, 4.69) is 10.3 Å². The number of hydrogen-bond acceptors (Lipinski definition) is 4. The fraction of sp³-hybridized carbons (Fsp3) is 0.0667. The van der Waals surface area contributed by atoms with Crippen molar-refractivity contribution in [3.63, 3.8) is 0 Å². The first kappa shape index (κ1) is 13.9. The van der Waals surface area contributed by atoms with Crippen LogP contribution in [0.4, 0.5) is 0 Å². The van der Waals surface area contributed by atoms with Crippen molar-refractivity contribution in [2.45, 2.75) is 6.54 Å². The highest BCUT2D eigenvalue weighted by atomic mass is 35.5. The Morgan fingerprint density at radius 1 is 1.29 bits per heavy atom. The summed E-state index contributed by atoms with van der Waals surface area (Å²) in [7, 11) is 0. The maximum Gasteiger partial charge on any atom is 0.287 e. The van der Waals surface area contributed by atoms with Gasteiger partial charge in [0.2, 0.25) is 0 Å². The minimum absolute atomic E-state index is 0.247. The van der Waals surface area contributed by atoms with E-state index >= 15 is 0 Å². The monoisotopic (exact) mass is 318 g/mol. The summed E-state index contributed by atoms with van der Waals surface area (Å²) in [5, 5.41) is 6.25. The Morgan fingerprint density at radius 3 is 2.81 bits per heavy atom. The molecule has 2 heterocycles. The zero-order valence-corrected chi connectivity index (χ0v) is 12.4. The van der Waals surface area contributed by atoms with E-state index in [9.17, 15) is 4.79 Å². The van der Waals surface area contributed by atoms with Gasteiger partial charge < -0.3 is 9.73 Å². The van der Waals surface area contributed by atoms with Gasteiger partial charge in [0.1, 0.15) is 5.01 Å². The van der Waals surface area contributed by atoms with Crippen LogP contribution in [0.3, 0.4) is 0 Å². The lowest BCUT2D eigenvalue weighted by molar-refractivity contribution is 0.0923. The number of hydrogen-bond donors (Lipinski definition) is 1. The first-order valence-electron chi connectivity index (χ1n) is 6.24. The van der Waals surface area contributed by atoms with Gasteiger partial charge in [-0.1, -0.05) is 23.7 Å². The zero-order chi connectivity index (χ0) is 14.7. The number of halogens is 1. The minimum atomic E-state index is -0.247. The second-order valence-electron chi connectivity index (χ2n) is 4.29. The summed E-state index contributed by atoms with van der Waals surface area (Å²) in [5.74, 6) is 0.0488. The number of nitrogens with zero attached hydrogens (tertiary/aromatic N) is 1. The van der Waals surface area contributed by atoms with E-state index < -0.39 is 0 Å². The van der Waals surface area contributed by atoms with Crippen LogP contribution in [-0.4, -0.2) is 10.9 Å². The highest BCUT2D eigenvalue weighted by Crippen LogP contribution is 2.23. The number of benzene rings is 1. The van der Waals surface area contributed by atoms with Crippen LogP contribution in [0, 0.1) is 0 Å². The average molecular weight is 319 g/mol. The molecule has 0 saturated heterocycles. The first-order chi connectivity index (χ1) is 10.2. The Kier molecular flexibility index (Phi) is 4.03. The third-order valence-electron chi connectivity index (χ3n) is 2.84. The number of rotatable bonds is 4. The lowest BCUT2D eigenvalue weighted by atomic mass is 10.2. The molecule has 4 nitrogen and oxygen atoms in total. The Hall–Kier alpha value is -2.11. The van der Waals surface area contributed by atoms with E-state index in [1.54, 1.807) is 12.1 Å². The summed E-state index contributed by atoms with van der Waals surface area (Å²) in [5.41, 5.74) is 1.87. The molecular formula is C15H11ClN2O2S. The molecule has 1 amide bonds. The maximum absolute atomic E-state index is 11.8. The Morgan fingerprint density at radius 2 is 2.10 bits per heavy atom. The van der Waals surface area contributed by atoms with Crippen molar-refractivity contribution in [1.29, 1.82) is 0 Å². The van der Waals surface area contributed by atoms with Gasteiger partial charge in [-0.05, 0) is 24.3 Å². The van der Waals surface area contributed by atoms with Gasteiger partial charge in [-0.2, -0.15) is 0 Å². The third kappa shape index (κ3) is 3.32. The van der Waals surface area contributed by atoms with Crippen LogP contribution in [0.5, 0.6) is 0 Å². The number of nitrogens with one attached hydrogen (secondary N) is 1. The van der Waals surface area contributed by atoms with Gasteiger partial charge in [-0.15, -0.1) is 11.3 Å². The molecule has 0 atom stereocenters. The molecule has 0 unspecified atom stereocenters.